The Morgan fingerprint density at radius 2 is 2.00 bits per heavy atom. The predicted octanol–water partition coefficient (Wildman–Crippen LogP) is 2.06. The van der Waals surface area contributed by atoms with Crippen LogP contribution in [0.1, 0.15) is 46.0 Å². The molecule has 1 aliphatic carbocycles. The number of piperidine rings is 2. The van der Waals surface area contributed by atoms with Gasteiger partial charge in [-0.15, -0.1) is 0 Å². The Morgan fingerprint density at radius 1 is 1.16 bits per heavy atom. The number of ketones is 1. The van der Waals surface area contributed by atoms with Gasteiger partial charge in [-0.1, -0.05) is 6.92 Å². The molecule has 2 saturated heterocycles. The number of carbonyl (C=O) groups is 1. The molecule has 0 radical (unpaired) electrons. The fourth-order valence-electron chi connectivity index (χ4n) is 4.57. The van der Waals surface area contributed by atoms with Gasteiger partial charge in [0.2, 0.25) is 0 Å². The molecule has 5 atom stereocenters. The third kappa shape index (κ3) is 3.03. The van der Waals surface area contributed by atoms with Gasteiger partial charge in [0, 0.05) is 25.0 Å². The molecular weight excluding hydrogens is 236 g/mol. The summed E-state index contributed by atoms with van der Waals surface area (Å²) in [5, 5.41) is 3.62. The van der Waals surface area contributed by atoms with Gasteiger partial charge in [-0.05, 0) is 56.9 Å². The zero-order valence-corrected chi connectivity index (χ0v) is 12.4. The smallest absolute Gasteiger partial charge is 0.147 e. The zero-order chi connectivity index (χ0) is 13.4. The molecular formula is C16H28N2O. The summed E-state index contributed by atoms with van der Waals surface area (Å²) in [7, 11) is 0. The van der Waals surface area contributed by atoms with Crippen molar-refractivity contribution in [2.45, 2.75) is 58.0 Å². The van der Waals surface area contributed by atoms with E-state index in [0.29, 0.717) is 23.8 Å². The number of hydrogen-bond acceptors (Lipinski definition) is 3. The van der Waals surface area contributed by atoms with Gasteiger partial charge in [0.15, 0.2) is 0 Å². The molecule has 0 aromatic heterocycles. The van der Waals surface area contributed by atoms with Crippen LogP contribution in [0, 0.1) is 17.8 Å². The van der Waals surface area contributed by atoms with E-state index in [1.165, 1.54) is 32.2 Å². The Kier molecular flexibility index (Phi) is 3.95. The van der Waals surface area contributed by atoms with Crippen LogP contribution in [0.3, 0.4) is 0 Å². The largest absolute Gasteiger partial charge is 0.314 e. The lowest BCUT2D eigenvalue weighted by Gasteiger charge is -2.46. The van der Waals surface area contributed by atoms with Crippen LogP contribution in [0.15, 0.2) is 0 Å². The van der Waals surface area contributed by atoms with Crippen molar-refractivity contribution >= 4 is 5.78 Å². The molecule has 3 rings (SSSR count). The standard InChI is InChI=1S/C16H28N2O/c1-11-5-16(19)10-18(9-11)15-4-3-13-8-17-12(2)6-14(13)7-15/h11-15,17H,3-10H2,1-2H3. The van der Waals surface area contributed by atoms with E-state index in [1.54, 1.807) is 0 Å². The minimum absolute atomic E-state index is 0.458. The fourth-order valence-corrected chi connectivity index (χ4v) is 4.57. The van der Waals surface area contributed by atoms with Crippen LogP contribution in [0.25, 0.3) is 0 Å². The molecule has 2 aliphatic heterocycles. The quantitative estimate of drug-likeness (QED) is 0.787. The Balaban J connectivity index is 1.61. The minimum atomic E-state index is 0.458. The second kappa shape index (κ2) is 5.53. The normalized spacial score (nSPS) is 44.9. The molecule has 0 spiro atoms. The summed E-state index contributed by atoms with van der Waals surface area (Å²) < 4.78 is 0. The van der Waals surface area contributed by atoms with Crippen LogP contribution >= 0.6 is 0 Å². The molecule has 1 N–H and O–H groups in total. The molecule has 0 bridgehead atoms. The number of carbonyl (C=O) groups excluding carboxylic acids is 1. The number of nitrogens with zero attached hydrogens (tertiary/aromatic N) is 1. The SMILES string of the molecule is CC1CC(=O)CN(C2CCC3CNC(C)CC3C2)C1. The van der Waals surface area contributed by atoms with Gasteiger partial charge >= 0.3 is 0 Å². The summed E-state index contributed by atoms with van der Waals surface area (Å²) >= 11 is 0. The van der Waals surface area contributed by atoms with Crippen LogP contribution in [-0.4, -0.2) is 42.4 Å². The number of likely N-dealkylation sites (tertiary alicyclic amines) is 1. The maximum absolute atomic E-state index is 11.8. The molecule has 3 aliphatic rings. The van der Waals surface area contributed by atoms with Crippen molar-refractivity contribution in [2.75, 3.05) is 19.6 Å². The van der Waals surface area contributed by atoms with Crippen molar-refractivity contribution in [2.24, 2.45) is 17.8 Å². The average molecular weight is 264 g/mol. The van der Waals surface area contributed by atoms with E-state index >= 15 is 0 Å². The Labute approximate surface area is 117 Å². The highest BCUT2D eigenvalue weighted by atomic mass is 16.1. The van der Waals surface area contributed by atoms with Crippen molar-refractivity contribution < 1.29 is 4.79 Å². The van der Waals surface area contributed by atoms with Gasteiger partial charge in [-0.2, -0.15) is 0 Å². The van der Waals surface area contributed by atoms with Gasteiger partial charge < -0.3 is 5.32 Å². The molecule has 5 unspecified atom stereocenters. The highest BCUT2D eigenvalue weighted by molar-refractivity contribution is 5.81. The molecule has 2 heterocycles. The van der Waals surface area contributed by atoms with E-state index in [0.717, 1.165) is 31.3 Å². The van der Waals surface area contributed by atoms with E-state index in [9.17, 15) is 4.79 Å². The van der Waals surface area contributed by atoms with Crippen molar-refractivity contribution in [1.82, 2.24) is 10.2 Å². The Hall–Kier alpha value is -0.410. The highest BCUT2D eigenvalue weighted by Crippen LogP contribution is 2.38. The summed E-state index contributed by atoms with van der Waals surface area (Å²) in [6.07, 6.45) is 6.12. The first-order valence-corrected chi connectivity index (χ1v) is 8.11. The van der Waals surface area contributed by atoms with Gasteiger partial charge in [-0.3, -0.25) is 9.69 Å². The van der Waals surface area contributed by atoms with Crippen molar-refractivity contribution in [3.8, 4) is 0 Å². The van der Waals surface area contributed by atoms with Crippen molar-refractivity contribution in [3.05, 3.63) is 0 Å². The molecule has 0 amide bonds. The fraction of sp³-hybridized carbons (Fsp3) is 0.938. The molecule has 0 aromatic rings. The minimum Gasteiger partial charge on any atom is -0.314 e. The molecule has 1 saturated carbocycles. The van der Waals surface area contributed by atoms with Gasteiger partial charge in [0.25, 0.3) is 0 Å². The van der Waals surface area contributed by atoms with Gasteiger partial charge in [-0.25, -0.2) is 0 Å². The van der Waals surface area contributed by atoms with Crippen molar-refractivity contribution in [3.63, 3.8) is 0 Å². The first kappa shape index (κ1) is 13.6. The number of Topliss-reactive ketones (excluding diaryl/α,β-unsaturated/α-hetero) is 1. The molecule has 3 fully saturated rings. The lowest BCUT2D eigenvalue weighted by Crippen LogP contribution is -2.52. The number of fused-ring (bicyclic) bond motifs is 1. The molecule has 3 heteroatoms. The van der Waals surface area contributed by atoms with Crippen LogP contribution in [0.5, 0.6) is 0 Å². The van der Waals surface area contributed by atoms with E-state index in [-0.39, 0.29) is 0 Å². The molecule has 19 heavy (non-hydrogen) atoms. The topological polar surface area (TPSA) is 32.3 Å². The Bertz CT molecular complexity index is 344. The van der Waals surface area contributed by atoms with E-state index < -0.39 is 0 Å². The summed E-state index contributed by atoms with van der Waals surface area (Å²) in [5.74, 6) is 2.80. The van der Waals surface area contributed by atoms with E-state index in [2.05, 4.69) is 24.1 Å². The lowest BCUT2D eigenvalue weighted by molar-refractivity contribution is -0.125. The number of rotatable bonds is 1. The second-order valence-electron chi connectivity index (χ2n) is 7.31. The first-order chi connectivity index (χ1) is 9.11. The lowest BCUT2D eigenvalue weighted by atomic mass is 9.71. The summed E-state index contributed by atoms with van der Waals surface area (Å²) in [6, 6.07) is 1.36. The number of nitrogens with one attached hydrogen (secondary N) is 1. The maximum atomic E-state index is 11.8. The van der Waals surface area contributed by atoms with Crippen LogP contribution in [0.4, 0.5) is 0 Å². The molecule has 0 aromatic carbocycles. The van der Waals surface area contributed by atoms with Crippen molar-refractivity contribution in [1.29, 1.82) is 0 Å². The van der Waals surface area contributed by atoms with E-state index in [4.69, 9.17) is 0 Å². The Morgan fingerprint density at radius 3 is 2.79 bits per heavy atom. The summed E-state index contributed by atoms with van der Waals surface area (Å²) in [6.45, 7) is 7.62. The first-order valence-electron chi connectivity index (χ1n) is 8.11. The monoisotopic (exact) mass is 264 g/mol. The zero-order valence-electron chi connectivity index (χ0n) is 12.4. The predicted molar refractivity (Wildman–Crippen MR) is 77.1 cm³/mol. The van der Waals surface area contributed by atoms with Crippen LogP contribution < -0.4 is 5.32 Å². The van der Waals surface area contributed by atoms with Crippen LogP contribution in [0.2, 0.25) is 0 Å². The van der Waals surface area contributed by atoms with Gasteiger partial charge in [0.1, 0.15) is 5.78 Å². The third-order valence-corrected chi connectivity index (χ3v) is 5.52. The third-order valence-electron chi connectivity index (χ3n) is 5.52. The molecule has 3 nitrogen and oxygen atoms in total. The van der Waals surface area contributed by atoms with Crippen LogP contribution in [-0.2, 0) is 4.79 Å². The maximum Gasteiger partial charge on any atom is 0.147 e. The molecule has 108 valence electrons. The van der Waals surface area contributed by atoms with Gasteiger partial charge in [0.05, 0.1) is 6.54 Å². The highest BCUT2D eigenvalue weighted by Gasteiger charge is 2.37. The summed E-state index contributed by atoms with van der Waals surface area (Å²) in [4.78, 5) is 14.3. The van der Waals surface area contributed by atoms with E-state index in [1.807, 2.05) is 0 Å². The number of hydrogen-bond donors (Lipinski definition) is 1. The average Bonchev–Trinajstić information content (AvgIpc) is 2.36. The second-order valence-corrected chi connectivity index (χ2v) is 7.31. The summed E-state index contributed by atoms with van der Waals surface area (Å²) in [5.41, 5.74) is 0.